The van der Waals surface area contributed by atoms with E-state index in [0.29, 0.717) is 6.42 Å². The topological polar surface area (TPSA) is 30.0 Å². The van der Waals surface area contributed by atoms with Crippen molar-refractivity contribution in [1.82, 2.24) is 4.98 Å². The molecule has 1 aromatic heterocycles. The SMILES string of the molecule is CCc1nc2c(cc1-c1ccccc1)C(=O)CCC2. The molecule has 0 radical (unpaired) electrons. The zero-order chi connectivity index (χ0) is 13.2. The van der Waals surface area contributed by atoms with E-state index < -0.39 is 0 Å². The number of hydrogen-bond acceptors (Lipinski definition) is 2. The molecule has 1 aliphatic rings. The van der Waals surface area contributed by atoms with Crippen LogP contribution >= 0.6 is 0 Å². The molecule has 0 amide bonds. The lowest BCUT2D eigenvalue weighted by Gasteiger charge is -2.17. The van der Waals surface area contributed by atoms with Gasteiger partial charge < -0.3 is 0 Å². The van der Waals surface area contributed by atoms with Crippen LogP contribution < -0.4 is 0 Å². The molecule has 0 atom stereocenters. The number of hydrogen-bond donors (Lipinski definition) is 0. The fourth-order valence-electron chi connectivity index (χ4n) is 2.71. The molecule has 1 aliphatic carbocycles. The van der Waals surface area contributed by atoms with Crippen molar-refractivity contribution < 1.29 is 4.79 Å². The number of Topliss-reactive ketones (excluding diaryl/α,β-unsaturated/α-hetero) is 1. The van der Waals surface area contributed by atoms with Gasteiger partial charge in [0.25, 0.3) is 0 Å². The number of pyridine rings is 1. The summed E-state index contributed by atoms with van der Waals surface area (Å²) >= 11 is 0. The lowest BCUT2D eigenvalue weighted by Crippen LogP contribution is -2.14. The summed E-state index contributed by atoms with van der Waals surface area (Å²) in [5.74, 6) is 0.244. The minimum atomic E-state index is 0.244. The zero-order valence-electron chi connectivity index (χ0n) is 11.1. The third-order valence-corrected chi connectivity index (χ3v) is 3.72. The number of rotatable bonds is 2. The summed E-state index contributed by atoms with van der Waals surface area (Å²) in [4.78, 5) is 16.8. The van der Waals surface area contributed by atoms with E-state index in [1.54, 1.807) is 0 Å². The van der Waals surface area contributed by atoms with Crippen molar-refractivity contribution in [1.29, 1.82) is 0 Å². The van der Waals surface area contributed by atoms with Gasteiger partial charge in [-0.05, 0) is 30.9 Å². The van der Waals surface area contributed by atoms with E-state index in [4.69, 9.17) is 4.98 Å². The van der Waals surface area contributed by atoms with Crippen molar-refractivity contribution in [2.75, 3.05) is 0 Å². The summed E-state index contributed by atoms with van der Waals surface area (Å²) in [6, 6.07) is 12.3. The van der Waals surface area contributed by atoms with Crippen molar-refractivity contribution in [3.05, 3.63) is 53.3 Å². The molecule has 2 heteroatoms. The molecule has 3 rings (SSSR count). The molecule has 19 heavy (non-hydrogen) atoms. The predicted octanol–water partition coefficient (Wildman–Crippen LogP) is 3.83. The summed E-state index contributed by atoms with van der Waals surface area (Å²) in [5.41, 5.74) is 5.18. The summed E-state index contributed by atoms with van der Waals surface area (Å²) in [6.07, 6.45) is 3.43. The Hall–Kier alpha value is -1.96. The molecule has 2 nitrogen and oxygen atoms in total. The van der Waals surface area contributed by atoms with Crippen molar-refractivity contribution in [2.24, 2.45) is 0 Å². The number of fused-ring (bicyclic) bond motifs is 1. The molecule has 0 unspecified atom stereocenters. The first-order chi connectivity index (χ1) is 9.29. The molecule has 1 aromatic carbocycles. The van der Waals surface area contributed by atoms with E-state index in [9.17, 15) is 4.79 Å². The Morgan fingerprint density at radius 2 is 1.89 bits per heavy atom. The number of aryl methyl sites for hydroxylation is 2. The van der Waals surface area contributed by atoms with Gasteiger partial charge in [-0.15, -0.1) is 0 Å². The third-order valence-electron chi connectivity index (χ3n) is 3.72. The maximum atomic E-state index is 12.0. The van der Waals surface area contributed by atoms with Crippen LogP contribution in [-0.2, 0) is 12.8 Å². The van der Waals surface area contributed by atoms with Crippen LogP contribution in [0.15, 0.2) is 36.4 Å². The van der Waals surface area contributed by atoms with Crippen LogP contribution in [0.2, 0.25) is 0 Å². The zero-order valence-corrected chi connectivity index (χ0v) is 11.1. The van der Waals surface area contributed by atoms with Crippen molar-refractivity contribution >= 4 is 5.78 Å². The monoisotopic (exact) mass is 251 g/mol. The van der Waals surface area contributed by atoms with Crippen LogP contribution in [0.5, 0.6) is 0 Å². The third kappa shape index (κ3) is 2.19. The van der Waals surface area contributed by atoms with Gasteiger partial charge in [0.05, 0.1) is 5.69 Å². The summed E-state index contributed by atoms with van der Waals surface area (Å²) in [6.45, 7) is 2.12. The quantitative estimate of drug-likeness (QED) is 0.812. The maximum Gasteiger partial charge on any atom is 0.164 e. The van der Waals surface area contributed by atoms with Crippen LogP contribution in [0.3, 0.4) is 0 Å². The summed E-state index contributed by atoms with van der Waals surface area (Å²) < 4.78 is 0. The molecule has 0 spiro atoms. The van der Waals surface area contributed by atoms with Gasteiger partial charge in [0.2, 0.25) is 0 Å². The molecule has 0 N–H and O–H groups in total. The molecular formula is C17H17NO. The molecule has 0 bridgehead atoms. The first-order valence-electron chi connectivity index (χ1n) is 6.91. The molecule has 0 saturated heterocycles. The van der Waals surface area contributed by atoms with Gasteiger partial charge >= 0.3 is 0 Å². The smallest absolute Gasteiger partial charge is 0.164 e. The number of benzene rings is 1. The van der Waals surface area contributed by atoms with Gasteiger partial charge in [0, 0.05) is 23.2 Å². The fraction of sp³-hybridized carbons (Fsp3) is 0.294. The Balaban J connectivity index is 2.19. The first-order valence-corrected chi connectivity index (χ1v) is 6.91. The largest absolute Gasteiger partial charge is 0.294 e. The highest BCUT2D eigenvalue weighted by Crippen LogP contribution is 2.29. The first kappa shape index (κ1) is 12.1. The van der Waals surface area contributed by atoms with Crippen LogP contribution in [0, 0.1) is 0 Å². The number of aromatic nitrogens is 1. The Morgan fingerprint density at radius 3 is 2.63 bits per heavy atom. The van der Waals surface area contributed by atoms with Gasteiger partial charge in [0.1, 0.15) is 0 Å². The average Bonchev–Trinajstić information content (AvgIpc) is 2.47. The molecule has 96 valence electrons. The summed E-state index contributed by atoms with van der Waals surface area (Å²) in [5, 5.41) is 0. The van der Waals surface area contributed by atoms with E-state index in [1.807, 2.05) is 18.2 Å². The van der Waals surface area contributed by atoms with E-state index in [0.717, 1.165) is 47.3 Å². The lowest BCUT2D eigenvalue weighted by molar-refractivity contribution is 0.0971. The normalized spacial score (nSPS) is 14.3. The Bertz CT molecular complexity index is 617. The second-order valence-electron chi connectivity index (χ2n) is 4.97. The van der Waals surface area contributed by atoms with E-state index in [-0.39, 0.29) is 5.78 Å². The lowest BCUT2D eigenvalue weighted by atomic mass is 9.91. The second-order valence-corrected chi connectivity index (χ2v) is 4.97. The maximum absolute atomic E-state index is 12.0. The molecule has 0 fully saturated rings. The van der Waals surface area contributed by atoms with Crippen molar-refractivity contribution in [3.8, 4) is 11.1 Å². The van der Waals surface area contributed by atoms with Crippen molar-refractivity contribution in [2.45, 2.75) is 32.6 Å². The van der Waals surface area contributed by atoms with Gasteiger partial charge in [0.15, 0.2) is 5.78 Å². The van der Waals surface area contributed by atoms with Gasteiger partial charge in [-0.1, -0.05) is 37.3 Å². The molecule has 0 saturated carbocycles. The molecular weight excluding hydrogens is 234 g/mol. The number of nitrogens with zero attached hydrogens (tertiary/aromatic N) is 1. The molecule has 1 heterocycles. The number of ketones is 1. The minimum Gasteiger partial charge on any atom is -0.294 e. The minimum absolute atomic E-state index is 0.244. The standard InChI is InChI=1S/C17H17NO/c1-2-15-13(12-7-4-3-5-8-12)11-14-16(18-15)9-6-10-17(14)19/h3-5,7-8,11H,2,6,9-10H2,1H3. The fourth-order valence-corrected chi connectivity index (χ4v) is 2.71. The van der Waals surface area contributed by atoms with E-state index in [1.165, 1.54) is 0 Å². The van der Waals surface area contributed by atoms with E-state index >= 15 is 0 Å². The van der Waals surface area contributed by atoms with Gasteiger partial charge in [-0.2, -0.15) is 0 Å². The van der Waals surface area contributed by atoms with Crippen LogP contribution in [-0.4, -0.2) is 10.8 Å². The Kier molecular flexibility index (Phi) is 3.16. The van der Waals surface area contributed by atoms with Gasteiger partial charge in [-0.25, -0.2) is 0 Å². The average molecular weight is 251 g/mol. The van der Waals surface area contributed by atoms with Crippen LogP contribution in [0.4, 0.5) is 0 Å². The number of carbonyl (C=O) groups is 1. The number of carbonyl (C=O) groups excluding carboxylic acids is 1. The molecule has 2 aromatic rings. The highest BCUT2D eigenvalue weighted by Gasteiger charge is 2.20. The highest BCUT2D eigenvalue weighted by molar-refractivity contribution is 5.99. The van der Waals surface area contributed by atoms with Gasteiger partial charge in [-0.3, -0.25) is 9.78 Å². The second kappa shape index (κ2) is 4.96. The Morgan fingerprint density at radius 1 is 1.11 bits per heavy atom. The summed E-state index contributed by atoms with van der Waals surface area (Å²) in [7, 11) is 0. The predicted molar refractivity (Wildman–Crippen MR) is 76.3 cm³/mol. The Labute approximate surface area is 113 Å². The molecule has 0 aliphatic heterocycles. The van der Waals surface area contributed by atoms with Crippen LogP contribution in [0.25, 0.3) is 11.1 Å². The van der Waals surface area contributed by atoms with E-state index in [2.05, 4.69) is 25.1 Å². The highest BCUT2D eigenvalue weighted by atomic mass is 16.1. The van der Waals surface area contributed by atoms with Crippen LogP contribution in [0.1, 0.15) is 41.5 Å². The van der Waals surface area contributed by atoms with Crippen molar-refractivity contribution in [3.63, 3.8) is 0 Å².